The van der Waals surface area contributed by atoms with E-state index < -0.39 is 17.8 Å². The molecule has 2 aliphatic rings. The van der Waals surface area contributed by atoms with Gasteiger partial charge in [0.25, 0.3) is 0 Å². The van der Waals surface area contributed by atoms with Crippen molar-refractivity contribution >= 4 is 17.6 Å². The number of benzene rings is 1. The Morgan fingerprint density at radius 2 is 1.67 bits per heavy atom. The first-order chi connectivity index (χ1) is 11.3. The number of aliphatic carboxylic acids is 1. The van der Waals surface area contributed by atoms with Crippen molar-refractivity contribution in [3.8, 4) is 0 Å². The van der Waals surface area contributed by atoms with Gasteiger partial charge in [0, 0.05) is 17.5 Å². The Bertz CT molecular complexity index is 771. The molecule has 4 nitrogen and oxygen atoms in total. The first-order valence-corrected chi connectivity index (χ1v) is 8.27. The summed E-state index contributed by atoms with van der Waals surface area (Å²) in [6.07, 6.45) is 3.95. The van der Waals surface area contributed by atoms with Crippen molar-refractivity contribution in [3.63, 3.8) is 0 Å². The molecule has 1 saturated carbocycles. The van der Waals surface area contributed by atoms with Gasteiger partial charge in [0.2, 0.25) is 5.91 Å². The van der Waals surface area contributed by atoms with Crippen LogP contribution in [-0.2, 0) is 9.59 Å². The van der Waals surface area contributed by atoms with Gasteiger partial charge >= 0.3 is 5.97 Å². The molecule has 0 aromatic heterocycles. The lowest BCUT2D eigenvalue weighted by molar-refractivity contribution is -0.146. The molecule has 1 amide bonds. The fourth-order valence-electron chi connectivity index (χ4n) is 4.13. The maximum absolute atomic E-state index is 12.9. The molecule has 1 aromatic carbocycles. The summed E-state index contributed by atoms with van der Waals surface area (Å²) in [4.78, 5) is 24.7. The average Bonchev–Trinajstić information content (AvgIpc) is 3.06. The van der Waals surface area contributed by atoms with Crippen LogP contribution in [0.2, 0.25) is 0 Å². The van der Waals surface area contributed by atoms with Gasteiger partial charge in [-0.25, -0.2) is 0 Å². The Kier molecular flexibility index (Phi) is 4.08. The van der Waals surface area contributed by atoms with E-state index >= 15 is 0 Å². The van der Waals surface area contributed by atoms with Gasteiger partial charge in [-0.05, 0) is 44.9 Å². The Balaban J connectivity index is 1.94. The van der Waals surface area contributed by atoms with Gasteiger partial charge < -0.3 is 10.4 Å². The second kappa shape index (κ2) is 5.93. The zero-order chi connectivity index (χ0) is 17.6. The summed E-state index contributed by atoms with van der Waals surface area (Å²) in [5.74, 6) is -2.60. The highest BCUT2D eigenvalue weighted by Crippen LogP contribution is 2.53. The molecular formula is C20H23NO3. The molecule has 4 heteroatoms. The fourth-order valence-corrected chi connectivity index (χ4v) is 4.13. The molecular weight excluding hydrogens is 302 g/mol. The molecule has 0 radical (unpaired) electrons. The molecule has 0 saturated heterocycles. The molecule has 24 heavy (non-hydrogen) atoms. The topological polar surface area (TPSA) is 66.4 Å². The Morgan fingerprint density at radius 3 is 2.25 bits per heavy atom. The number of allylic oxidation sites excluding steroid dienone is 4. The van der Waals surface area contributed by atoms with Crippen LogP contribution >= 0.6 is 0 Å². The SMILES string of the molecule is CC(C)=C1[C@H]2C=C[C@@H]1[C@H](C(=O)Nc1cc(C)ccc1C)[C@H]2C(=O)O. The Morgan fingerprint density at radius 1 is 1.04 bits per heavy atom. The van der Waals surface area contributed by atoms with Crippen LogP contribution in [0.3, 0.4) is 0 Å². The smallest absolute Gasteiger partial charge is 0.308 e. The van der Waals surface area contributed by atoms with Crippen molar-refractivity contribution in [3.05, 3.63) is 52.6 Å². The molecule has 4 atom stereocenters. The molecule has 2 bridgehead atoms. The third kappa shape index (κ3) is 2.56. The summed E-state index contributed by atoms with van der Waals surface area (Å²) in [6, 6.07) is 5.88. The number of hydrogen-bond acceptors (Lipinski definition) is 2. The second-order valence-electron chi connectivity index (χ2n) is 7.09. The van der Waals surface area contributed by atoms with Crippen LogP contribution in [0.15, 0.2) is 41.5 Å². The summed E-state index contributed by atoms with van der Waals surface area (Å²) in [7, 11) is 0. The number of carboxylic acid groups (broad SMARTS) is 1. The van der Waals surface area contributed by atoms with E-state index in [2.05, 4.69) is 5.32 Å². The van der Waals surface area contributed by atoms with E-state index in [9.17, 15) is 14.7 Å². The molecule has 2 N–H and O–H groups in total. The second-order valence-corrected chi connectivity index (χ2v) is 7.09. The maximum atomic E-state index is 12.9. The highest BCUT2D eigenvalue weighted by Gasteiger charge is 2.54. The first kappa shape index (κ1) is 16.5. The zero-order valence-electron chi connectivity index (χ0n) is 14.5. The van der Waals surface area contributed by atoms with Crippen molar-refractivity contribution in [2.45, 2.75) is 27.7 Å². The molecule has 0 spiro atoms. The van der Waals surface area contributed by atoms with Crippen molar-refractivity contribution in [2.24, 2.45) is 23.7 Å². The molecule has 2 aliphatic carbocycles. The van der Waals surface area contributed by atoms with Crippen LogP contribution in [-0.4, -0.2) is 17.0 Å². The van der Waals surface area contributed by atoms with Gasteiger partial charge in [0.05, 0.1) is 11.8 Å². The van der Waals surface area contributed by atoms with Crippen molar-refractivity contribution in [1.82, 2.24) is 0 Å². The van der Waals surface area contributed by atoms with E-state index in [1.165, 1.54) is 0 Å². The number of amides is 1. The number of rotatable bonds is 3. The third-order valence-corrected chi connectivity index (χ3v) is 5.22. The van der Waals surface area contributed by atoms with E-state index in [0.29, 0.717) is 0 Å². The number of aryl methyl sites for hydroxylation is 2. The van der Waals surface area contributed by atoms with Crippen molar-refractivity contribution in [2.75, 3.05) is 5.32 Å². The lowest BCUT2D eigenvalue weighted by Gasteiger charge is -2.23. The highest BCUT2D eigenvalue weighted by atomic mass is 16.4. The predicted octanol–water partition coefficient (Wildman–Crippen LogP) is 3.71. The number of nitrogens with one attached hydrogen (secondary N) is 1. The summed E-state index contributed by atoms with van der Waals surface area (Å²) in [5.41, 5.74) is 5.01. The molecule has 0 unspecified atom stereocenters. The Hall–Kier alpha value is -2.36. The minimum atomic E-state index is -0.897. The lowest BCUT2D eigenvalue weighted by Crippen LogP contribution is -2.36. The van der Waals surface area contributed by atoms with Gasteiger partial charge in [-0.2, -0.15) is 0 Å². The van der Waals surface area contributed by atoms with Crippen LogP contribution < -0.4 is 5.32 Å². The van der Waals surface area contributed by atoms with Crippen LogP contribution in [0.25, 0.3) is 0 Å². The summed E-state index contributed by atoms with van der Waals surface area (Å²) < 4.78 is 0. The van der Waals surface area contributed by atoms with Gasteiger partial charge in [0.15, 0.2) is 0 Å². The molecule has 3 rings (SSSR count). The van der Waals surface area contributed by atoms with Gasteiger partial charge in [0.1, 0.15) is 0 Å². The molecule has 1 fully saturated rings. The van der Waals surface area contributed by atoms with E-state index in [0.717, 1.165) is 28.0 Å². The number of anilines is 1. The van der Waals surface area contributed by atoms with Crippen LogP contribution in [0.1, 0.15) is 25.0 Å². The van der Waals surface area contributed by atoms with E-state index in [1.54, 1.807) is 0 Å². The van der Waals surface area contributed by atoms with Crippen molar-refractivity contribution in [1.29, 1.82) is 0 Å². The minimum absolute atomic E-state index is 0.105. The number of carbonyl (C=O) groups excluding carboxylic acids is 1. The Labute approximate surface area is 142 Å². The highest BCUT2D eigenvalue weighted by molar-refractivity contribution is 5.97. The molecule has 1 aromatic rings. The minimum Gasteiger partial charge on any atom is -0.481 e. The van der Waals surface area contributed by atoms with E-state index in [-0.39, 0.29) is 17.7 Å². The van der Waals surface area contributed by atoms with Crippen molar-refractivity contribution < 1.29 is 14.7 Å². The molecule has 0 aliphatic heterocycles. The monoisotopic (exact) mass is 325 g/mol. The molecule has 126 valence electrons. The predicted molar refractivity (Wildman–Crippen MR) is 93.7 cm³/mol. The standard InChI is InChI=1S/C20H23NO3/c1-10(2)16-13-7-8-14(16)18(20(23)24)17(13)19(22)21-15-9-11(3)5-6-12(15)4/h5-9,13-14,17-18H,1-4H3,(H,21,22)(H,23,24)/t13-,14+,17-,18-/m0/s1. The maximum Gasteiger partial charge on any atom is 0.308 e. The van der Waals surface area contributed by atoms with E-state index in [1.807, 2.05) is 58.0 Å². The normalized spacial score (nSPS) is 27.4. The summed E-state index contributed by atoms with van der Waals surface area (Å²) >= 11 is 0. The summed E-state index contributed by atoms with van der Waals surface area (Å²) in [5, 5.41) is 12.6. The van der Waals surface area contributed by atoms with Crippen LogP contribution in [0.4, 0.5) is 5.69 Å². The van der Waals surface area contributed by atoms with Crippen LogP contribution in [0.5, 0.6) is 0 Å². The fraction of sp³-hybridized carbons (Fsp3) is 0.400. The quantitative estimate of drug-likeness (QED) is 0.833. The van der Waals surface area contributed by atoms with Gasteiger partial charge in [-0.1, -0.05) is 35.4 Å². The molecule has 0 heterocycles. The van der Waals surface area contributed by atoms with Gasteiger partial charge in [-0.3, -0.25) is 9.59 Å². The number of hydrogen-bond donors (Lipinski definition) is 2. The third-order valence-electron chi connectivity index (χ3n) is 5.22. The number of carboxylic acids is 1. The lowest BCUT2D eigenvalue weighted by atomic mass is 9.82. The van der Waals surface area contributed by atoms with Crippen LogP contribution in [0, 0.1) is 37.5 Å². The van der Waals surface area contributed by atoms with Gasteiger partial charge in [-0.15, -0.1) is 0 Å². The summed E-state index contributed by atoms with van der Waals surface area (Å²) in [6.45, 7) is 7.89. The first-order valence-electron chi connectivity index (χ1n) is 8.27. The zero-order valence-corrected chi connectivity index (χ0v) is 14.5. The van der Waals surface area contributed by atoms with E-state index in [4.69, 9.17) is 0 Å². The largest absolute Gasteiger partial charge is 0.481 e. The number of fused-ring (bicyclic) bond motifs is 2. The average molecular weight is 325 g/mol. The number of carbonyl (C=O) groups is 2.